The maximum Gasteiger partial charge on any atom is 0.162 e. The van der Waals surface area contributed by atoms with Crippen LogP contribution in [0.1, 0.15) is 41.4 Å². The molecular formula is C27H36BN3O. The summed E-state index contributed by atoms with van der Waals surface area (Å²) < 4.78 is 2.38. The van der Waals surface area contributed by atoms with Crippen LogP contribution in [0.4, 0.5) is 0 Å². The second-order valence-corrected chi connectivity index (χ2v) is 9.27. The molecule has 168 valence electrons. The van der Waals surface area contributed by atoms with E-state index in [1.165, 1.54) is 36.1 Å². The first-order valence-corrected chi connectivity index (χ1v) is 12.1. The smallest absolute Gasteiger partial charge is 0.162 e. The highest BCUT2D eigenvalue weighted by atomic mass is 16.1. The van der Waals surface area contributed by atoms with E-state index in [-0.39, 0.29) is 5.78 Å². The Hall–Kier alpha value is -2.37. The van der Waals surface area contributed by atoms with Crippen molar-refractivity contribution in [2.75, 3.05) is 39.3 Å². The summed E-state index contributed by atoms with van der Waals surface area (Å²) in [5.74, 6) is 0.167. The minimum Gasteiger partial charge on any atom is -0.345 e. The van der Waals surface area contributed by atoms with Gasteiger partial charge in [0.05, 0.1) is 0 Å². The number of carbonyl (C=O) groups excluding carboxylic acids is 1. The number of aromatic nitrogens is 1. The van der Waals surface area contributed by atoms with Gasteiger partial charge in [-0.3, -0.25) is 4.79 Å². The molecule has 0 atom stereocenters. The number of ketones is 1. The molecule has 0 unspecified atom stereocenters. The second kappa shape index (κ2) is 10.5. The van der Waals surface area contributed by atoms with Gasteiger partial charge in [0, 0.05) is 48.3 Å². The third-order valence-corrected chi connectivity index (χ3v) is 6.99. The number of hydrogen-bond donors (Lipinski definition) is 0. The average Bonchev–Trinajstić information content (AvgIpc) is 2.92. The van der Waals surface area contributed by atoms with Crippen LogP contribution in [-0.4, -0.2) is 67.3 Å². The number of para-hydroxylation sites is 1. The summed E-state index contributed by atoms with van der Waals surface area (Å²) in [5, 5.41) is 1.11. The van der Waals surface area contributed by atoms with E-state index in [1.807, 2.05) is 0 Å². The van der Waals surface area contributed by atoms with Crippen molar-refractivity contribution in [1.82, 2.24) is 14.4 Å². The van der Waals surface area contributed by atoms with E-state index in [2.05, 4.69) is 77.7 Å². The predicted octanol–water partition coefficient (Wildman–Crippen LogP) is 3.05. The zero-order valence-corrected chi connectivity index (χ0v) is 19.9. The molecule has 0 aliphatic carbocycles. The average molecular weight is 429 g/mol. The van der Waals surface area contributed by atoms with Crippen LogP contribution in [0.2, 0.25) is 0 Å². The van der Waals surface area contributed by atoms with Gasteiger partial charge < -0.3 is 14.4 Å². The topological polar surface area (TPSA) is 28.5 Å². The number of rotatable bonds is 8. The molecular weight excluding hydrogens is 393 g/mol. The molecule has 1 fully saturated rings. The molecule has 4 nitrogen and oxygen atoms in total. The van der Waals surface area contributed by atoms with Crippen LogP contribution in [0.3, 0.4) is 0 Å². The third kappa shape index (κ3) is 5.16. The predicted molar refractivity (Wildman–Crippen MR) is 137 cm³/mol. The van der Waals surface area contributed by atoms with E-state index in [1.54, 1.807) is 6.92 Å². The number of Topliss-reactive ketones (excluding diaryl/α,β-unsaturated/α-hetero) is 1. The Bertz CT molecular complexity index is 1060. The summed E-state index contributed by atoms with van der Waals surface area (Å²) in [6, 6.07) is 17.1. The largest absolute Gasteiger partial charge is 0.345 e. The first kappa shape index (κ1) is 22.8. The first-order valence-electron chi connectivity index (χ1n) is 12.1. The molecule has 0 bridgehead atoms. The normalized spacial score (nSPS) is 15.8. The fourth-order valence-corrected chi connectivity index (χ4v) is 5.30. The Kier molecular flexibility index (Phi) is 7.49. The number of carbonyl (C=O) groups is 1. The molecule has 0 spiro atoms. The van der Waals surface area contributed by atoms with E-state index in [0.717, 1.165) is 62.2 Å². The summed E-state index contributed by atoms with van der Waals surface area (Å²) in [7, 11) is 2.15. The van der Waals surface area contributed by atoms with Crippen molar-refractivity contribution in [2.45, 2.75) is 39.7 Å². The molecule has 2 aromatic carbocycles. The van der Waals surface area contributed by atoms with Gasteiger partial charge in [-0.15, -0.1) is 0 Å². The van der Waals surface area contributed by atoms with E-state index < -0.39 is 0 Å². The summed E-state index contributed by atoms with van der Waals surface area (Å²) in [6.45, 7) is 11.7. The minimum absolute atomic E-state index is 0.167. The Labute approximate surface area is 193 Å². The lowest BCUT2D eigenvalue weighted by Gasteiger charge is -2.22. The van der Waals surface area contributed by atoms with Crippen LogP contribution in [-0.2, 0) is 13.0 Å². The Morgan fingerprint density at radius 1 is 0.906 bits per heavy atom. The van der Waals surface area contributed by atoms with Gasteiger partial charge in [0.15, 0.2) is 5.78 Å². The standard InChI is InChI=1S/C27H36BN3O/c1-21-26(22(2)32)24-11-6-12-25(28)27(24)31(21)17-8-16-29-14-7-15-30(20-19-29)18-13-23-9-4-3-5-10-23/h3-6,9-12H,7-8,13-20,28H2,1-2H3. The lowest BCUT2D eigenvalue weighted by Crippen LogP contribution is -2.32. The fraction of sp³-hybridized carbons (Fsp3) is 0.444. The molecule has 0 amide bonds. The van der Waals surface area contributed by atoms with Crippen LogP contribution in [0.15, 0.2) is 48.5 Å². The fourth-order valence-electron chi connectivity index (χ4n) is 5.30. The zero-order valence-electron chi connectivity index (χ0n) is 19.9. The highest BCUT2D eigenvalue weighted by molar-refractivity contribution is 6.39. The van der Waals surface area contributed by atoms with Crippen molar-refractivity contribution in [3.05, 3.63) is 65.4 Å². The van der Waals surface area contributed by atoms with E-state index in [0.29, 0.717) is 0 Å². The van der Waals surface area contributed by atoms with Gasteiger partial charge in [0.25, 0.3) is 0 Å². The van der Waals surface area contributed by atoms with Crippen molar-refractivity contribution in [2.24, 2.45) is 0 Å². The van der Waals surface area contributed by atoms with Gasteiger partial charge in [0.2, 0.25) is 0 Å². The summed E-state index contributed by atoms with van der Waals surface area (Å²) in [4.78, 5) is 17.6. The molecule has 1 aliphatic rings. The minimum atomic E-state index is 0.167. The summed E-state index contributed by atoms with van der Waals surface area (Å²) in [5.41, 5.74) is 5.93. The van der Waals surface area contributed by atoms with Crippen LogP contribution < -0.4 is 5.46 Å². The maximum absolute atomic E-state index is 12.3. The van der Waals surface area contributed by atoms with Crippen LogP contribution >= 0.6 is 0 Å². The monoisotopic (exact) mass is 429 g/mol. The first-order chi connectivity index (χ1) is 15.5. The number of nitrogens with zero attached hydrogens (tertiary/aromatic N) is 3. The van der Waals surface area contributed by atoms with Crippen molar-refractivity contribution >= 4 is 30.0 Å². The molecule has 3 aromatic rings. The van der Waals surface area contributed by atoms with Crippen LogP contribution in [0.5, 0.6) is 0 Å². The quantitative estimate of drug-likeness (QED) is 0.407. The number of benzene rings is 2. The molecule has 1 aromatic heterocycles. The SMILES string of the molecule is Bc1cccc2c(C(C)=O)c(C)n(CCCN3CCCN(CCc4ccccc4)CC3)c12. The van der Waals surface area contributed by atoms with E-state index >= 15 is 0 Å². The summed E-state index contributed by atoms with van der Waals surface area (Å²) in [6.07, 6.45) is 3.49. The van der Waals surface area contributed by atoms with Gasteiger partial charge in [0.1, 0.15) is 7.85 Å². The summed E-state index contributed by atoms with van der Waals surface area (Å²) >= 11 is 0. The molecule has 32 heavy (non-hydrogen) atoms. The van der Waals surface area contributed by atoms with E-state index in [4.69, 9.17) is 0 Å². The third-order valence-electron chi connectivity index (χ3n) is 6.99. The van der Waals surface area contributed by atoms with Gasteiger partial charge in [-0.2, -0.15) is 0 Å². The molecule has 4 rings (SSSR count). The molecule has 0 N–H and O–H groups in total. The van der Waals surface area contributed by atoms with Crippen molar-refractivity contribution in [3.8, 4) is 0 Å². The Morgan fingerprint density at radius 2 is 1.62 bits per heavy atom. The molecule has 0 radical (unpaired) electrons. The molecule has 0 saturated carbocycles. The number of aryl methyl sites for hydroxylation is 1. The molecule has 1 aliphatic heterocycles. The maximum atomic E-state index is 12.3. The molecule has 1 saturated heterocycles. The van der Waals surface area contributed by atoms with Gasteiger partial charge in [-0.25, -0.2) is 0 Å². The van der Waals surface area contributed by atoms with Crippen LogP contribution in [0, 0.1) is 6.92 Å². The highest BCUT2D eigenvalue weighted by Crippen LogP contribution is 2.25. The Balaban J connectivity index is 1.33. The number of fused-ring (bicyclic) bond motifs is 1. The van der Waals surface area contributed by atoms with Gasteiger partial charge in [-0.05, 0) is 58.3 Å². The van der Waals surface area contributed by atoms with Gasteiger partial charge >= 0.3 is 0 Å². The number of hydrogen-bond acceptors (Lipinski definition) is 3. The Morgan fingerprint density at radius 3 is 2.34 bits per heavy atom. The second-order valence-electron chi connectivity index (χ2n) is 9.27. The van der Waals surface area contributed by atoms with Crippen LogP contribution in [0.25, 0.3) is 10.9 Å². The lowest BCUT2D eigenvalue weighted by molar-refractivity contribution is 0.101. The molecule has 2 heterocycles. The van der Waals surface area contributed by atoms with E-state index in [9.17, 15) is 4.79 Å². The zero-order chi connectivity index (χ0) is 22.5. The van der Waals surface area contributed by atoms with Crippen molar-refractivity contribution in [3.63, 3.8) is 0 Å². The van der Waals surface area contributed by atoms with Gasteiger partial charge in [-0.1, -0.05) is 54.0 Å². The van der Waals surface area contributed by atoms with Crippen molar-refractivity contribution in [1.29, 1.82) is 0 Å². The highest BCUT2D eigenvalue weighted by Gasteiger charge is 2.19. The lowest BCUT2D eigenvalue weighted by atomic mass is 9.93. The van der Waals surface area contributed by atoms with Crippen molar-refractivity contribution < 1.29 is 4.79 Å². The molecule has 5 heteroatoms.